The molecule has 0 saturated carbocycles. The highest BCUT2D eigenvalue weighted by molar-refractivity contribution is 5.96. The predicted octanol–water partition coefficient (Wildman–Crippen LogP) is 1.31. The predicted molar refractivity (Wildman–Crippen MR) is 80.9 cm³/mol. The SMILES string of the molecule is CCN(C(=O)c1ccncc1C#CCCO)C(C)COC. The number of nitrogens with zero attached hydrogens (tertiary/aromatic N) is 2. The fraction of sp³-hybridized carbons (Fsp3) is 0.500. The van der Waals surface area contributed by atoms with E-state index in [9.17, 15) is 4.79 Å². The zero-order valence-electron chi connectivity index (χ0n) is 12.8. The molecule has 0 aliphatic rings. The molecule has 1 aromatic heterocycles. The third kappa shape index (κ3) is 4.85. The average Bonchev–Trinajstić information content (AvgIpc) is 2.49. The molecule has 1 amide bonds. The smallest absolute Gasteiger partial charge is 0.255 e. The Kier molecular flexibility index (Phi) is 7.44. The van der Waals surface area contributed by atoms with Gasteiger partial charge in [-0.15, -0.1) is 0 Å². The van der Waals surface area contributed by atoms with E-state index in [0.29, 0.717) is 30.7 Å². The molecule has 0 aromatic carbocycles. The van der Waals surface area contributed by atoms with E-state index in [1.807, 2.05) is 13.8 Å². The molecule has 1 aromatic rings. The first-order valence-corrected chi connectivity index (χ1v) is 6.99. The van der Waals surface area contributed by atoms with Crippen LogP contribution in [0.5, 0.6) is 0 Å². The van der Waals surface area contributed by atoms with Crippen LogP contribution in [0.3, 0.4) is 0 Å². The maximum Gasteiger partial charge on any atom is 0.255 e. The van der Waals surface area contributed by atoms with E-state index in [1.165, 1.54) is 0 Å². The van der Waals surface area contributed by atoms with E-state index in [1.54, 1.807) is 30.5 Å². The average molecular weight is 290 g/mol. The van der Waals surface area contributed by atoms with Crippen LogP contribution in [0.4, 0.5) is 0 Å². The largest absolute Gasteiger partial charge is 0.395 e. The maximum absolute atomic E-state index is 12.7. The molecule has 1 unspecified atom stereocenters. The summed E-state index contributed by atoms with van der Waals surface area (Å²) >= 11 is 0. The highest BCUT2D eigenvalue weighted by Gasteiger charge is 2.21. The molecule has 0 bridgehead atoms. The number of rotatable bonds is 6. The van der Waals surface area contributed by atoms with Crippen molar-refractivity contribution in [2.45, 2.75) is 26.3 Å². The number of hydrogen-bond donors (Lipinski definition) is 1. The number of amides is 1. The lowest BCUT2D eigenvalue weighted by Gasteiger charge is -2.27. The minimum absolute atomic E-state index is 0.00248. The molecule has 0 aliphatic carbocycles. The topological polar surface area (TPSA) is 62.7 Å². The van der Waals surface area contributed by atoms with Gasteiger partial charge in [-0.25, -0.2) is 0 Å². The fourth-order valence-electron chi connectivity index (χ4n) is 2.04. The lowest BCUT2D eigenvalue weighted by molar-refractivity contribution is 0.0579. The third-order valence-electron chi connectivity index (χ3n) is 3.05. The van der Waals surface area contributed by atoms with Crippen molar-refractivity contribution in [3.63, 3.8) is 0 Å². The van der Waals surface area contributed by atoms with Gasteiger partial charge >= 0.3 is 0 Å². The quantitative estimate of drug-likeness (QED) is 0.803. The van der Waals surface area contributed by atoms with Crippen LogP contribution < -0.4 is 0 Å². The summed E-state index contributed by atoms with van der Waals surface area (Å²) in [4.78, 5) is 18.4. The number of carbonyl (C=O) groups excluding carboxylic acids is 1. The lowest BCUT2D eigenvalue weighted by Crippen LogP contribution is -2.41. The van der Waals surface area contributed by atoms with Gasteiger partial charge in [-0.3, -0.25) is 9.78 Å². The molecule has 0 spiro atoms. The summed E-state index contributed by atoms with van der Waals surface area (Å²) in [7, 11) is 1.62. The second-order valence-electron chi connectivity index (χ2n) is 4.59. The highest BCUT2D eigenvalue weighted by Crippen LogP contribution is 2.12. The Labute approximate surface area is 125 Å². The molecule has 21 heavy (non-hydrogen) atoms. The summed E-state index contributed by atoms with van der Waals surface area (Å²) in [6, 6.07) is 1.66. The first-order valence-electron chi connectivity index (χ1n) is 6.99. The van der Waals surface area contributed by atoms with E-state index >= 15 is 0 Å². The van der Waals surface area contributed by atoms with Crippen molar-refractivity contribution in [2.75, 3.05) is 26.9 Å². The molecule has 5 heteroatoms. The van der Waals surface area contributed by atoms with Crippen LogP contribution in [0.1, 0.15) is 36.2 Å². The minimum Gasteiger partial charge on any atom is -0.395 e. The number of likely N-dealkylation sites (N-methyl/N-ethyl adjacent to an activating group) is 1. The van der Waals surface area contributed by atoms with Crippen molar-refractivity contribution in [1.82, 2.24) is 9.88 Å². The molecule has 1 N–H and O–H groups in total. The number of ether oxygens (including phenoxy) is 1. The van der Waals surface area contributed by atoms with Crippen LogP contribution in [-0.4, -0.2) is 53.8 Å². The van der Waals surface area contributed by atoms with E-state index in [0.717, 1.165) is 0 Å². The van der Waals surface area contributed by atoms with E-state index in [4.69, 9.17) is 9.84 Å². The van der Waals surface area contributed by atoms with Gasteiger partial charge < -0.3 is 14.7 Å². The number of aliphatic hydroxyl groups is 1. The highest BCUT2D eigenvalue weighted by atomic mass is 16.5. The van der Waals surface area contributed by atoms with Gasteiger partial charge in [0.05, 0.1) is 30.4 Å². The molecular formula is C16H22N2O3. The standard InChI is InChI=1S/C16H22N2O3/c1-4-18(13(2)12-21-3)16(20)15-8-9-17-11-14(15)7-5-6-10-19/h8-9,11,13,19H,4,6,10,12H2,1-3H3. The summed E-state index contributed by atoms with van der Waals surface area (Å²) in [5, 5.41) is 8.77. The first-order chi connectivity index (χ1) is 10.2. The lowest BCUT2D eigenvalue weighted by atomic mass is 10.1. The van der Waals surface area contributed by atoms with Crippen molar-refractivity contribution in [3.8, 4) is 11.8 Å². The Bertz CT molecular complexity index is 520. The van der Waals surface area contributed by atoms with Gasteiger partial charge in [0.1, 0.15) is 0 Å². The zero-order chi connectivity index (χ0) is 15.7. The van der Waals surface area contributed by atoms with Gasteiger partial charge in [-0.1, -0.05) is 11.8 Å². The molecule has 1 rings (SSSR count). The Hall–Kier alpha value is -1.90. The fourth-order valence-corrected chi connectivity index (χ4v) is 2.04. The summed E-state index contributed by atoms with van der Waals surface area (Å²) in [5.41, 5.74) is 1.11. The third-order valence-corrected chi connectivity index (χ3v) is 3.05. The van der Waals surface area contributed by atoms with E-state index in [-0.39, 0.29) is 18.6 Å². The Morgan fingerprint density at radius 3 is 2.95 bits per heavy atom. The number of aromatic nitrogens is 1. The van der Waals surface area contributed by atoms with E-state index < -0.39 is 0 Å². The first kappa shape index (κ1) is 17.2. The number of methoxy groups -OCH3 is 1. The van der Waals surface area contributed by atoms with Crippen LogP contribution in [0.2, 0.25) is 0 Å². The molecule has 1 heterocycles. The Balaban J connectivity index is 3.03. The molecule has 0 saturated heterocycles. The summed E-state index contributed by atoms with van der Waals surface area (Å²) in [6.45, 7) is 4.96. The molecule has 114 valence electrons. The van der Waals surface area contributed by atoms with Crippen molar-refractivity contribution < 1.29 is 14.6 Å². The van der Waals surface area contributed by atoms with E-state index in [2.05, 4.69) is 16.8 Å². The summed E-state index contributed by atoms with van der Waals surface area (Å²) < 4.78 is 5.12. The second-order valence-corrected chi connectivity index (χ2v) is 4.59. The number of pyridine rings is 1. The monoisotopic (exact) mass is 290 g/mol. The van der Waals surface area contributed by atoms with Gasteiger partial charge in [0.15, 0.2) is 0 Å². The van der Waals surface area contributed by atoms with Crippen LogP contribution in [0, 0.1) is 11.8 Å². The number of hydrogen-bond acceptors (Lipinski definition) is 4. The summed E-state index contributed by atoms with van der Waals surface area (Å²) in [6.07, 6.45) is 3.53. The van der Waals surface area contributed by atoms with Crippen molar-refractivity contribution in [3.05, 3.63) is 29.6 Å². The van der Waals surface area contributed by atoms with Crippen LogP contribution in [-0.2, 0) is 4.74 Å². The molecule has 0 fully saturated rings. The maximum atomic E-state index is 12.7. The van der Waals surface area contributed by atoms with Gasteiger partial charge in [-0.05, 0) is 19.9 Å². The van der Waals surface area contributed by atoms with Gasteiger partial charge in [0.25, 0.3) is 5.91 Å². The van der Waals surface area contributed by atoms with Crippen molar-refractivity contribution in [2.24, 2.45) is 0 Å². The zero-order valence-corrected chi connectivity index (χ0v) is 12.8. The number of aliphatic hydroxyl groups excluding tert-OH is 1. The van der Waals surface area contributed by atoms with Crippen LogP contribution in [0.25, 0.3) is 0 Å². The van der Waals surface area contributed by atoms with Gasteiger partial charge in [0, 0.05) is 32.5 Å². The normalized spacial score (nSPS) is 11.4. The minimum atomic E-state index is -0.0854. The number of carbonyl (C=O) groups is 1. The van der Waals surface area contributed by atoms with Gasteiger partial charge in [-0.2, -0.15) is 0 Å². The van der Waals surface area contributed by atoms with Crippen molar-refractivity contribution in [1.29, 1.82) is 0 Å². The molecular weight excluding hydrogens is 268 g/mol. The van der Waals surface area contributed by atoms with Crippen LogP contribution in [0.15, 0.2) is 18.5 Å². The summed E-state index contributed by atoms with van der Waals surface area (Å²) in [5.74, 6) is 5.63. The molecule has 5 nitrogen and oxygen atoms in total. The van der Waals surface area contributed by atoms with Crippen molar-refractivity contribution >= 4 is 5.91 Å². The second kappa shape index (κ2) is 9.11. The Morgan fingerprint density at radius 1 is 1.57 bits per heavy atom. The van der Waals surface area contributed by atoms with Crippen LogP contribution >= 0.6 is 0 Å². The molecule has 0 radical (unpaired) electrons. The molecule has 1 atom stereocenters. The molecule has 0 aliphatic heterocycles. The Morgan fingerprint density at radius 2 is 2.33 bits per heavy atom. The van der Waals surface area contributed by atoms with Gasteiger partial charge in [0.2, 0.25) is 0 Å².